The lowest BCUT2D eigenvalue weighted by Crippen LogP contribution is -2.32. The molecular formula is C16H24N4O. The SMILES string of the molecule is Cc1nn(CC(O)CN(C)Cc2ccccc2)c(C)c1N. The lowest BCUT2D eigenvalue weighted by Gasteiger charge is -2.21. The Morgan fingerprint density at radius 3 is 2.52 bits per heavy atom. The summed E-state index contributed by atoms with van der Waals surface area (Å²) in [5, 5.41) is 14.6. The van der Waals surface area contributed by atoms with Crippen LogP contribution in [0.2, 0.25) is 0 Å². The molecular weight excluding hydrogens is 264 g/mol. The van der Waals surface area contributed by atoms with Crippen LogP contribution in [0, 0.1) is 13.8 Å². The Morgan fingerprint density at radius 1 is 1.29 bits per heavy atom. The van der Waals surface area contributed by atoms with E-state index in [2.05, 4.69) is 22.1 Å². The van der Waals surface area contributed by atoms with E-state index in [-0.39, 0.29) is 0 Å². The number of hydrogen-bond acceptors (Lipinski definition) is 4. The average Bonchev–Trinajstić information content (AvgIpc) is 2.67. The van der Waals surface area contributed by atoms with Crippen LogP contribution in [0.3, 0.4) is 0 Å². The molecule has 0 aliphatic carbocycles. The number of likely N-dealkylation sites (N-methyl/N-ethyl adjacent to an activating group) is 1. The maximum atomic E-state index is 10.2. The third kappa shape index (κ3) is 4.06. The van der Waals surface area contributed by atoms with Gasteiger partial charge in [0.25, 0.3) is 0 Å². The normalized spacial score (nSPS) is 12.8. The van der Waals surface area contributed by atoms with E-state index in [1.165, 1.54) is 5.56 Å². The van der Waals surface area contributed by atoms with E-state index >= 15 is 0 Å². The Balaban J connectivity index is 1.89. The van der Waals surface area contributed by atoms with Gasteiger partial charge in [0, 0.05) is 13.1 Å². The van der Waals surface area contributed by atoms with Gasteiger partial charge >= 0.3 is 0 Å². The van der Waals surface area contributed by atoms with Crippen LogP contribution >= 0.6 is 0 Å². The average molecular weight is 288 g/mol. The fraction of sp³-hybridized carbons (Fsp3) is 0.438. The highest BCUT2D eigenvalue weighted by Crippen LogP contribution is 2.15. The number of aromatic nitrogens is 2. The molecule has 21 heavy (non-hydrogen) atoms. The van der Waals surface area contributed by atoms with Gasteiger partial charge in [-0.1, -0.05) is 30.3 Å². The van der Waals surface area contributed by atoms with Crippen LogP contribution in [0.1, 0.15) is 17.0 Å². The standard InChI is InChI=1S/C16H24N4O/c1-12-16(17)13(2)20(18-12)11-15(21)10-19(3)9-14-7-5-4-6-8-14/h4-8,15,21H,9-11,17H2,1-3H3. The van der Waals surface area contributed by atoms with Crippen molar-refractivity contribution in [3.05, 3.63) is 47.3 Å². The molecule has 1 aromatic carbocycles. The van der Waals surface area contributed by atoms with E-state index < -0.39 is 6.10 Å². The van der Waals surface area contributed by atoms with E-state index in [1.54, 1.807) is 4.68 Å². The first-order chi connectivity index (χ1) is 9.97. The highest BCUT2D eigenvalue weighted by atomic mass is 16.3. The van der Waals surface area contributed by atoms with Gasteiger partial charge in [-0.15, -0.1) is 0 Å². The van der Waals surface area contributed by atoms with Crippen molar-refractivity contribution in [1.29, 1.82) is 0 Å². The summed E-state index contributed by atoms with van der Waals surface area (Å²) >= 11 is 0. The third-order valence-corrected chi connectivity index (χ3v) is 3.64. The van der Waals surface area contributed by atoms with Crippen molar-refractivity contribution in [2.24, 2.45) is 0 Å². The summed E-state index contributed by atoms with van der Waals surface area (Å²) in [6.07, 6.45) is -0.476. The van der Waals surface area contributed by atoms with Gasteiger partial charge in [0.05, 0.1) is 29.7 Å². The first kappa shape index (κ1) is 15.5. The number of aliphatic hydroxyl groups excluding tert-OH is 1. The second-order valence-corrected chi connectivity index (χ2v) is 5.60. The second kappa shape index (κ2) is 6.74. The van der Waals surface area contributed by atoms with Crippen LogP contribution in [0.5, 0.6) is 0 Å². The van der Waals surface area contributed by atoms with Crippen molar-refractivity contribution in [1.82, 2.24) is 14.7 Å². The van der Waals surface area contributed by atoms with Crippen molar-refractivity contribution in [2.75, 3.05) is 19.3 Å². The molecule has 1 heterocycles. The zero-order chi connectivity index (χ0) is 15.4. The maximum Gasteiger partial charge on any atom is 0.0862 e. The number of nitrogens with zero attached hydrogens (tertiary/aromatic N) is 3. The molecule has 0 saturated carbocycles. The van der Waals surface area contributed by atoms with Gasteiger partial charge in [-0.25, -0.2) is 0 Å². The summed E-state index contributed by atoms with van der Waals surface area (Å²) in [5.41, 5.74) is 9.58. The second-order valence-electron chi connectivity index (χ2n) is 5.60. The summed E-state index contributed by atoms with van der Waals surface area (Å²) in [5.74, 6) is 0. The summed E-state index contributed by atoms with van der Waals surface area (Å²) < 4.78 is 1.78. The first-order valence-corrected chi connectivity index (χ1v) is 7.17. The van der Waals surface area contributed by atoms with Crippen LogP contribution < -0.4 is 5.73 Å². The molecule has 114 valence electrons. The molecule has 5 nitrogen and oxygen atoms in total. The number of benzene rings is 1. The third-order valence-electron chi connectivity index (χ3n) is 3.64. The Morgan fingerprint density at radius 2 is 1.95 bits per heavy atom. The molecule has 0 spiro atoms. The minimum atomic E-state index is -0.476. The Bertz CT molecular complexity index is 579. The summed E-state index contributed by atoms with van der Waals surface area (Å²) in [7, 11) is 2.01. The first-order valence-electron chi connectivity index (χ1n) is 7.17. The van der Waals surface area contributed by atoms with Crippen LogP contribution in [0.25, 0.3) is 0 Å². The number of rotatable bonds is 6. The highest BCUT2D eigenvalue weighted by Gasteiger charge is 2.14. The number of nitrogen functional groups attached to an aromatic ring is 1. The Labute approximate surface area is 126 Å². The van der Waals surface area contributed by atoms with Crippen LogP contribution in [-0.2, 0) is 13.1 Å². The Kier molecular flexibility index (Phi) is 4.98. The maximum absolute atomic E-state index is 10.2. The Hall–Kier alpha value is -1.85. The molecule has 0 saturated heterocycles. The minimum absolute atomic E-state index is 0.461. The molecule has 0 amide bonds. The lowest BCUT2D eigenvalue weighted by atomic mass is 10.2. The molecule has 1 unspecified atom stereocenters. The van der Waals surface area contributed by atoms with Crippen LogP contribution in [0.15, 0.2) is 30.3 Å². The molecule has 2 aromatic rings. The van der Waals surface area contributed by atoms with Crippen molar-refractivity contribution < 1.29 is 5.11 Å². The minimum Gasteiger partial charge on any atom is -0.396 e. The molecule has 0 fully saturated rings. The fourth-order valence-electron chi connectivity index (χ4n) is 2.47. The predicted octanol–water partition coefficient (Wildman–Crippen LogP) is 1.58. The number of anilines is 1. The molecule has 2 rings (SSSR count). The zero-order valence-electron chi connectivity index (χ0n) is 13.0. The van der Waals surface area contributed by atoms with Gasteiger partial charge in [0.1, 0.15) is 0 Å². The monoisotopic (exact) mass is 288 g/mol. The highest BCUT2D eigenvalue weighted by molar-refractivity contribution is 5.46. The van der Waals surface area contributed by atoms with Crippen LogP contribution in [0.4, 0.5) is 5.69 Å². The molecule has 3 N–H and O–H groups in total. The van der Waals surface area contributed by atoms with Gasteiger partial charge < -0.3 is 10.8 Å². The van der Waals surface area contributed by atoms with Crippen molar-refractivity contribution in [3.63, 3.8) is 0 Å². The topological polar surface area (TPSA) is 67.3 Å². The van der Waals surface area contributed by atoms with Crippen LogP contribution in [-0.4, -0.2) is 39.5 Å². The van der Waals surface area contributed by atoms with Gasteiger partial charge in [0.15, 0.2) is 0 Å². The fourth-order valence-corrected chi connectivity index (χ4v) is 2.47. The van der Waals surface area contributed by atoms with Crippen molar-refractivity contribution in [3.8, 4) is 0 Å². The van der Waals surface area contributed by atoms with E-state index in [1.807, 2.05) is 39.1 Å². The van der Waals surface area contributed by atoms with E-state index in [0.717, 1.165) is 17.9 Å². The van der Waals surface area contributed by atoms with E-state index in [0.29, 0.717) is 18.8 Å². The van der Waals surface area contributed by atoms with Gasteiger partial charge in [-0.3, -0.25) is 9.58 Å². The number of nitrogens with two attached hydrogens (primary N) is 1. The summed E-state index contributed by atoms with van der Waals surface area (Å²) in [4.78, 5) is 2.11. The van der Waals surface area contributed by atoms with Gasteiger partial charge in [0.2, 0.25) is 0 Å². The van der Waals surface area contributed by atoms with Gasteiger partial charge in [-0.05, 0) is 26.5 Å². The lowest BCUT2D eigenvalue weighted by molar-refractivity contribution is 0.103. The molecule has 0 bridgehead atoms. The quantitative estimate of drug-likeness (QED) is 0.847. The van der Waals surface area contributed by atoms with Crippen molar-refractivity contribution in [2.45, 2.75) is 33.0 Å². The molecule has 5 heteroatoms. The largest absolute Gasteiger partial charge is 0.396 e. The smallest absolute Gasteiger partial charge is 0.0862 e. The summed E-state index contributed by atoms with van der Waals surface area (Å²) in [6, 6.07) is 10.2. The molecule has 0 aliphatic rings. The molecule has 0 aliphatic heterocycles. The van der Waals surface area contributed by atoms with E-state index in [4.69, 9.17) is 5.73 Å². The molecule has 1 atom stereocenters. The van der Waals surface area contributed by atoms with E-state index in [9.17, 15) is 5.11 Å². The number of aryl methyl sites for hydroxylation is 1. The molecule has 1 aromatic heterocycles. The van der Waals surface area contributed by atoms with Crippen molar-refractivity contribution >= 4 is 5.69 Å². The summed E-state index contributed by atoms with van der Waals surface area (Å²) in [6.45, 7) is 5.68. The number of aliphatic hydroxyl groups is 1. The molecule has 0 radical (unpaired) electrons. The van der Waals surface area contributed by atoms with Gasteiger partial charge in [-0.2, -0.15) is 5.10 Å². The number of hydrogen-bond donors (Lipinski definition) is 2. The predicted molar refractivity (Wildman–Crippen MR) is 84.9 cm³/mol. The zero-order valence-corrected chi connectivity index (χ0v) is 13.0.